The van der Waals surface area contributed by atoms with E-state index in [1.54, 1.807) is 36.2 Å². The third-order valence-corrected chi connectivity index (χ3v) is 4.25. The van der Waals surface area contributed by atoms with Crippen molar-refractivity contribution in [2.24, 2.45) is 5.16 Å². The second-order valence-corrected chi connectivity index (χ2v) is 6.05. The van der Waals surface area contributed by atoms with Crippen LogP contribution in [0.1, 0.15) is 22.4 Å². The number of rotatable bonds is 6. The van der Waals surface area contributed by atoms with Gasteiger partial charge in [-0.15, -0.1) is 0 Å². The molecule has 5 nitrogen and oxygen atoms in total. The highest BCUT2D eigenvalue weighted by Gasteiger charge is 2.16. The summed E-state index contributed by atoms with van der Waals surface area (Å²) in [6.45, 7) is 0.490. The smallest absolute Gasteiger partial charge is 0.178 e. The fourth-order valence-corrected chi connectivity index (χ4v) is 2.80. The molecule has 134 valence electrons. The van der Waals surface area contributed by atoms with E-state index in [9.17, 15) is 4.39 Å². The molecule has 0 amide bonds. The number of halogens is 2. The van der Waals surface area contributed by atoms with Crippen LogP contribution in [-0.4, -0.2) is 27.3 Å². The molecule has 0 atom stereocenters. The molecule has 1 N–H and O–H groups in total. The van der Waals surface area contributed by atoms with Gasteiger partial charge in [0.1, 0.15) is 11.6 Å². The molecular weight excluding hydrogens is 357 g/mol. The van der Waals surface area contributed by atoms with E-state index in [4.69, 9.17) is 21.5 Å². The molecule has 0 radical (unpaired) electrons. The summed E-state index contributed by atoms with van der Waals surface area (Å²) in [5, 5.41) is 16.5. The van der Waals surface area contributed by atoms with Crippen molar-refractivity contribution in [2.75, 3.05) is 7.11 Å². The normalized spacial score (nSPS) is 11.6. The number of oxime groups is 1. The van der Waals surface area contributed by atoms with Gasteiger partial charge in [0.2, 0.25) is 0 Å². The van der Waals surface area contributed by atoms with Gasteiger partial charge in [0, 0.05) is 12.6 Å². The fourth-order valence-electron chi connectivity index (χ4n) is 2.64. The van der Waals surface area contributed by atoms with E-state index in [0.717, 1.165) is 11.3 Å². The van der Waals surface area contributed by atoms with Crippen molar-refractivity contribution in [3.05, 3.63) is 82.9 Å². The average molecular weight is 374 g/mol. The van der Waals surface area contributed by atoms with Crippen molar-refractivity contribution in [3.8, 4) is 5.75 Å². The predicted molar refractivity (Wildman–Crippen MR) is 97.7 cm³/mol. The first kappa shape index (κ1) is 17.9. The first-order chi connectivity index (χ1) is 12.6. The van der Waals surface area contributed by atoms with Crippen molar-refractivity contribution in [1.82, 2.24) is 9.78 Å². The van der Waals surface area contributed by atoms with E-state index >= 15 is 0 Å². The van der Waals surface area contributed by atoms with E-state index in [-0.39, 0.29) is 17.4 Å². The Balaban J connectivity index is 1.90. The van der Waals surface area contributed by atoms with Gasteiger partial charge in [0.15, 0.2) is 5.17 Å². The highest BCUT2D eigenvalue weighted by atomic mass is 35.5. The highest BCUT2D eigenvalue weighted by Crippen LogP contribution is 2.19. The zero-order valence-corrected chi connectivity index (χ0v) is 14.8. The van der Waals surface area contributed by atoms with Crippen LogP contribution >= 0.6 is 11.6 Å². The van der Waals surface area contributed by atoms with E-state index < -0.39 is 0 Å². The summed E-state index contributed by atoms with van der Waals surface area (Å²) in [6, 6.07) is 14.1. The number of aromatic nitrogens is 2. The van der Waals surface area contributed by atoms with Crippen LogP contribution in [-0.2, 0) is 13.0 Å². The lowest BCUT2D eigenvalue weighted by Crippen LogP contribution is -2.02. The minimum atomic E-state index is -0.319. The number of hydrogen-bond acceptors (Lipinski definition) is 4. The third kappa shape index (κ3) is 4.03. The molecule has 0 spiro atoms. The summed E-state index contributed by atoms with van der Waals surface area (Å²) < 4.78 is 20.8. The van der Waals surface area contributed by atoms with Gasteiger partial charge < -0.3 is 9.94 Å². The van der Waals surface area contributed by atoms with Gasteiger partial charge in [-0.1, -0.05) is 47.1 Å². The average Bonchev–Trinajstić information content (AvgIpc) is 3.06. The molecule has 0 bridgehead atoms. The molecule has 0 unspecified atom stereocenters. The summed E-state index contributed by atoms with van der Waals surface area (Å²) in [5.41, 5.74) is 2.50. The molecule has 2 aromatic carbocycles. The summed E-state index contributed by atoms with van der Waals surface area (Å²) >= 11 is 5.99. The minimum Gasteiger partial charge on any atom is -0.497 e. The zero-order chi connectivity index (χ0) is 18.5. The SMILES string of the molecule is COc1ccc(Cn2cc(/C(Cl)=N/O)c(Cc3ccccc3F)n2)cc1. The second-order valence-electron chi connectivity index (χ2n) is 5.69. The number of ether oxygens (including phenoxy) is 1. The number of nitrogens with zero attached hydrogens (tertiary/aromatic N) is 3. The van der Waals surface area contributed by atoms with Crippen LogP contribution < -0.4 is 4.74 Å². The lowest BCUT2D eigenvalue weighted by molar-refractivity contribution is 0.321. The van der Waals surface area contributed by atoms with Crippen molar-refractivity contribution in [2.45, 2.75) is 13.0 Å². The Morgan fingerprint density at radius 1 is 1.23 bits per heavy atom. The Kier molecular flexibility index (Phi) is 5.53. The van der Waals surface area contributed by atoms with Gasteiger partial charge in [-0.05, 0) is 29.3 Å². The van der Waals surface area contributed by atoms with Crippen molar-refractivity contribution in [3.63, 3.8) is 0 Å². The molecule has 1 aromatic heterocycles. The van der Waals surface area contributed by atoms with E-state index in [2.05, 4.69) is 10.3 Å². The molecule has 0 saturated carbocycles. The molecule has 3 rings (SSSR count). The Morgan fingerprint density at radius 3 is 2.62 bits per heavy atom. The standard InChI is InChI=1S/C19H17ClFN3O2/c1-26-15-8-6-13(7-9-15)11-24-12-16(19(20)23-25)18(22-24)10-14-4-2-3-5-17(14)21/h2-9,12,25H,10-11H2,1H3/b23-19-. The van der Waals surface area contributed by atoms with Crippen LogP contribution in [0.2, 0.25) is 0 Å². The number of benzene rings is 2. The van der Waals surface area contributed by atoms with Crippen molar-refractivity contribution >= 4 is 16.8 Å². The Morgan fingerprint density at radius 2 is 1.96 bits per heavy atom. The third-order valence-electron chi connectivity index (χ3n) is 3.97. The molecule has 0 saturated heterocycles. The molecule has 0 aliphatic heterocycles. The molecule has 3 aromatic rings. The van der Waals surface area contributed by atoms with Crippen molar-refractivity contribution in [1.29, 1.82) is 0 Å². The van der Waals surface area contributed by atoms with Crippen LogP contribution in [0.25, 0.3) is 0 Å². The fraction of sp³-hybridized carbons (Fsp3) is 0.158. The monoisotopic (exact) mass is 373 g/mol. The van der Waals surface area contributed by atoms with Gasteiger partial charge in [0.25, 0.3) is 0 Å². The Bertz CT molecular complexity index is 923. The maximum Gasteiger partial charge on any atom is 0.178 e. The lowest BCUT2D eigenvalue weighted by Gasteiger charge is -2.04. The molecule has 0 fully saturated rings. The molecule has 26 heavy (non-hydrogen) atoms. The predicted octanol–water partition coefficient (Wildman–Crippen LogP) is 4.04. The first-order valence-corrected chi connectivity index (χ1v) is 8.29. The minimum absolute atomic E-state index is 0.0858. The van der Waals surface area contributed by atoms with Crippen LogP contribution in [0.5, 0.6) is 5.75 Å². The van der Waals surface area contributed by atoms with E-state index in [1.165, 1.54) is 6.07 Å². The summed E-state index contributed by atoms with van der Waals surface area (Å²) in [6.07, 6.45) is 1.92. The molecule has 7 heteroatoms. The highest BCUT2D eigenvalue weighted by molar-refractivity contribution is 6.69. The van der Waals surface area contributed by atoms with Crippen molar-refractivity contribution < 1.29 is 14.3 Å². The molecule has 0 aliphatic carbocycles. The summed E-state index contributed by atoms with van der Waals surface area (Å²) in [7, 11) is 1.61. The first-order valence-electron chi connectivity index (χ1n) is 7.91. The van der Waals surface area contributed by atoms with E-state index in [0.29, 0.717) is 23.4 Å². The number of hydrogen-bond donors (Lipinski definition) is 1. The quantitative estimate of drug-likeness (QED) is 0.403. The Hall–Kier alpha value is -2.86. The van der Waals surface area contributed by atoms with Gasteiger partial charge in [-0.3, -0.25) is 4.68 Å². The summed E-state index contributed by atoms with van der Waals surface area (Å²) in [4.78, 5) is 0. The van der Waals surface area contributed by atoms with E-state index in [1.807, 2.05) is 24.3 Å². The van der Waals surface area contributed by atoms with Crippen LogP contribution in [0.4, 0.5) is 4.39 Å². The summed E-state index contributed by atoms with van der Waals surface area (Å²) in [5.74, 6) is 0.450. The second kappa shape index (κ2) is 8.01. The maximum absolute atomic E-state index is 14.0. The zero-order valence-electron chi connectivity index (χ0n) is 14.1. The van der Waals surface area contributed by atoms with Gasteiger partial charge >= 0.3 is 0 Å². The number of methoxy groups -OCH3 is 1. The molecule has 0 aliphatic rings. The maximum atomic E-state index is 14.0. The van der Waals surface area contributed by atoms with Crippen LogP contribution in [0.3, 0.4) is 0 Å². The van der Waals surface area contributed by atoms with Crippen LogP contribution in [0, 0.1) is 5.82 Å². The molecular formula is C19H17ClFN3O2. The Labute approximate surface area is 155 Å². The van der Waals surface area contributed by atoms with Gasteiger partial charge in [-0.2, -0.15) is 5.10 Å². The lowest BCUT2D eigenvalue weighted by atomic mass is 10.1. The largest absolute Gasteiger partial charge is 0.497 e. The van der Waals surface area contributed by atoms with Gasteiger partial charge in [0.05, 0.1) is 24.9 Å². The van der Waals surface area contributed by atoms with Crippen LogP contribution in [0.15, 0.2) is 59.9 Å². The topological polar surface area (TPSA) is 59.6 Å². The molecule has 1 heterocycles. The van der Waals surface area contributed by atoms with Gasteiger partial charge in [-0.25, -0.2) is 4.39 Å².